The molecule has 1 atom stereocenters. The standard InChI is InChI=1S/C9H17N3O2/c1-3-10-8(13)6-7-9(14)12(2)5-4-11-7/h7,11H,3-6H2,1-2H3,(H,10,13). The van der Waals surface area contributed by atoms with Crippen LogP contribution in [0.15, 0.2) is 0 Å². The summed E-state index contributed by atoms with van der Waals surface area (Å²) in [4.78, 5) is 24.4. The summed E-state index contributed by atoms with van der Waals surface area (Å²) in [7, 11) is 1.76. The molecule has 0 spiro atoms. The Labute approximate surface area is 83.8 Å². The van der Waals surface area contributed by atoms with E-state index >= 15 is 0 Å². The predicted molar refractivity (Wildman–Crippen MR) is 52.7 cm³/mol. The van der Waals surface area contributed by atoms with Crippen LogP contribution >= 0.6 is 0 Å². The number of carbonyl (C=O) groups is 2. The third kappa shape index (κ3) is 2.70. The molecule has 0 saturated carbocycles. The molecule has 5 heteroatoms. The molecule has 0 bridgehead atoms. The molecule has 0 aromatic carbocycles. The largest absolute Gasteiger partial charge is 0.356 e. The van der Waals surface area contributed by atoms with Crippen LogP contribution in [-0.2, 0) is 9.59 Å². The van der Waals surface area contributed by atoms with Gasteiger partial charge >= 0.3 is 0 Å². The Hall–Kier alpha value is -1.10. The van der Waals surface area contributed by atoms with E-state index in [1.54, 1.807) is 11.9 Å². The Morgan fingerprint density at radius 1 is 1.71 bits per heavy atom. The Morgan fingerprint density at radius 3 is 3.07 bits per heavy atom. The summed E-state index contributed by atoms with van der Waals surface area (Å²) < 4.78 is 0. The molecule has 1 saturated heterocycles. The molecule has 14 heavy (non-hydrogen) atoms. The van der Waals surface area contributed by atoms with Gasteiger partial charge in [0.1, 0.15) is 0 Å². The van der Waals surface area contributed by atoms with E-state index in [-0.39, 0.29) is 24.3 Å². The molecule has 2 amide bonds. The molecule has 1 unspecified atom stereocenters. The zero-order chi connectivity index (χ0) is 10.6. The highest BCUT2D eigenvalue weighted by Crippen LogP contribution is 2.02. The van der Waals surface area contributed by atoms with Crippen molar-refractivity contribution in [3.05, 3.63) is 0 Å². The Morgan fingerprint density at radius 2 is 2.43 bits per heavy atom. The molecule has 1 aliphatic heterocycles. The summed E-state index contributed by atoms with van der Waals surface area (Å²) in [5, 5.41) is 5.72. The zero-order valence-electron chi connectivity index (χ0n) is 8.67. The first kappa shape index (κ1) is 11.0. The van der Waals surface area contributed by atoms with Crippen LogP contribution in [0.1, 0.15) is 13.3 Å². The van der Waals surface area contributed by atoms with Crippen molar-refractivity contribution in [3.8, 4) is 0 Å². The van der Waals surface area contributed by atoms with Gasteiger partial charge in [0.2, 0.25) is 11.8 Å². The van der Waals surface area contributed by atoms with E-state index in [2.05, 4.69) is 10.6 Å². The van der Waals surface area contributed by atoms with Crippen molar-refractivity contribution in [1.82, 2.24) is 15.5 Å². The number of carbonyl (C=O) groups excluding carboxylic acids is 2. The van der Waals surface area contributed by atoms with Crippen LogP contribution in [0.25, 0.3) is 0 Å². The minimum Gasteiger partial charge on any atom is -0.356 e. The lowest BCUT2D eigenvalue weighted by molar-refractivity contribution is -0.136. The average molecular weight is 199 g/mol. The van der Waals surface area contributed by atoms with Crippen LogP contribution in [0.5, 0.6) is 0 Å². The third-order valence-electron chi connectivity index (χ3n) is 2.28. The second-order valence-electron chi connectivity index (χ2n) is 3.42. The summed E-state index contributed by atoms with van der Waals surface area (Å²) in [6.07, 6.45) is 0.233. The fourth-order valence-corrected chi connectivity index (χ4v) is 1.48. The Bertz CT molecular complexity index is 230. The van der Waals surface area contributed by atoms with Crippen molar-refractivity contribution in [2.24, 2.45) is 0 Å². The summed E-state index contributed by atoms with van der Waals surface area (Å²) in [5.74, 6) is -0.0730. The van der Waals surface area contributed by atoms with E-state index < -0.39 is 0 Å². The SMILES string of the molecule is CCNC(=O)CC1NCCN(C)C1=O. The fourth-order valence-electron chi connectivity index (χ4n) is 1.48. The van der Waals surface area contributed by atoms with Gasteiger partial charge in [-0.05, 0) is 6.92 Å². The summed E-state index contributed by atoms with van der Waals surface area (Å²) in [5.41, 5.74) is 0. The van der Waals surface area contributed by atoms with Crippen molar-refractivity contribution in [1.29, 1.82) is 0 Å². The number of nitrogens with one attached hydrogen (secondary N) is 2. The van der Waals surface area contributed by atoms with Gasteiger partial charge in [-0.1, -0.05) is 0 Å². The first-order valence-corrected chi connectivity index (χ1v) is 4.90. The van der Waals surface area contributed by atoms with Crippen LogP contribution in [0, 0.1) is 0 Å². The number of nitrogens with zero attached hydrogens (tertiary/aromatic N) is 1. The van der Waals surface area contributed by atoms with E-state index in [9.17, 15) is 9.59 Å². The van der Waals surface area contributed by atoms with E-state index in [0.29, 0.717) is 13.1 Å². The maximum Gasteiger partial charge on any atom is 0.240 e. The number of amides is 2. The molecule has 2 N–H and O–H groups in total. The molecule has 80 valence electrons. The highest BCUT2D eigenvalue weighted by molar-refractivity contribution is 5.88. The van der Waals surface area contributed by atoms with Gasteiger partial charge in [0, 0.05) is 26.7 Å². The maximum absolute atomic E-state index is 11.5. The number of hydrogen-bond donors (Lipinski definition) is 2. The fraction of sp³-hybridized carbons (Fsp3) is 0.778. The van der Waals surface area contributed by atoms with Crippen molar-refractivity contribution in [2.75, 3.05) is 26.7 Å². The van der Waals surface area contributed by atoms with E-state index in [0.717, 1.165) is 6.54 Å². The van der Waals surface area contributed by atoms with Crippen molar-refractivity contribution in [3.63, 3.8) is 0 Å². The summed E-state index contributed by atoms with van der Waals surface area (Å²) in [6, 6.07) is -0.347. The van der Waals surface area contributed by atoms with E-state index in [4.69, 9.17) is 0 Å². The van der Waals surface area contributed by atoms with E-state index in [1.807, 2.05) is 6.92 Å². The topological polar surface area (TPSA) is 61.4 Å². The zero-order valence-corrected chi connectivity index (χ0v) is 8.67. The van der Waals surface area contributed by atoms with Gasteiger partial charge < -0.3 is 15.5 Å². The lowest BCUT2D eigenvalue weighted by atomic mass is 10.1. The maximum atomic E-state index is 11.5. The molecule has 1 rings (SSSR count). The molecular weight excluding hydrogens is 182 g/mol. The van der Waals surface area contributed by atoms with Gasteiger partial charge in [0.15, 0.2) is 0 Å². The van der Waals surface area contributed by atoms with Gasteiger partial charge in [-0.15, -0.1) is 0 Å². The minimum absolute atomic E-state index is 0.00232. The lowest BCUT2D eigenvalue weighted by Crippen LogP contribution is -2.54. The quantitative estimate of drug-likeness (QED) is 0.609. The minimum atomic E-state index is -0.347. The van der Waals surface area contributed by atoms with Crippen LogP contribution in [0.2, 0.25) is 0 Å². The van der Waals surface area contributed by atoms with Crippen molar-refractivity contribution < 1.29 is 9.59 Å². The van der Waals surface area contributed by atoms with Gasteiger partial charge in [0.05, 0.1) is 12.5 Å². The van der Waals surface area contributed by atoms with Crippen LogP contribution < -0.4 is 10.6 Å². The first-order valence-electron chi connectivity index (χ1n) is 4.90. The smallest absolute Gasteiger partial charge is 0.240 e. The second-order valence-corrected chi connectivity index (χ2v) is 3.42. The molecule has 0 aromatic heterocycles. The third-order valence-corrected chi connectivity index (χ3v) is 2.28. The van der Waals surface area contributed by atoms with Gasteiger partial charge in [-0.3, -0.25) is 9.59 Å². The highest BCUT2D eigenvalue weighted by atomic mass is 16.2. The summed E-state index contributed by atoms with van der Waals surface area (Å²) in [6.45, 7) is 3.94. The van der Waals surface area contributed by atoms with Crippen LogP contribution in [-0.4, -0.2) is 49.4 Å². The molecule has 0 aliphatic carbocycles. The molecule has 5 nitrogen and oxygen atoms in total. The number of likely N-dealkylation sites (N-methyl/N-ethyl adjacent to an activating group) is 1. The Balaban J connectivity index is 2.43. The van der Waals surface area contributed by atoms with Gasteiger partial charge in [-0.2, -0.15) is 0 Å². The van der Waals surface area contributed by atoms with Gasteiger partial charge in [0.25, 0.3) is 0 Å². The monoisotopic (exact) mass is 199 g/mol. The molecule has 1 heterocycles. The molecule has 1 aliphatic rings. The molecule has 1 fully saturated rings. The molecule has 0 radical (unpaired) electrons. The molecular formula is C9H17N3O2. The van der Waals surface area contributed by atoms with Crippen molar-refractivity contribution in [2.45, 2.75) is 19.4 Å². The van der Waals surface area contributed by atoms with Crippen LogP contribution in [0.3, 0.4) is 0 Å². The average Bonchev–Trinajstić information content (AvgIpc) is 2.13. The molecule has 0 aromatic rings. The first-order chi connectivity index (χ1) is 6.65. The number of piperazine rings is 1. The number of rotatable bonds is 3. The predicted octanol–water partition coefficient (Wildman–Crippen LogP) is -1.06. The van der Waals surface area contributed by atoms with E-state index in [1.165, 1.54) is 0 Å². The highest BCUT2D eigenvalue weighted by Gasteiger charge is 2.27. The van der Waals surface area contributed by atoms with Crippen LogP contribution in [0.4, 0.5) is 0 Å². The van der Waals surface area contributed by atoms with Crippen molar-refractivity contribution >= 4 is 11.8 Å². The normalized spacial score (nSPS) is 22.3. The summed E-state index contributed by atoms with van der Waals surface area (Å²) >= 11 is 0. The Kier molecular flexibility index (Phi) is 3.88. The second kappa shape index (κ2) is 4.95. The number of hydrogen-bond acceptors (Lipinski definition) is 3. The van der Waals surface area contributed by atoms with Gasteiger partial charge in [-0.25, -0.2) is 0 Å². The lowest BCUT2D eigenvalue weighted by Gasteiger charge is -2.29.